The van der Waals surface area contributed by atoms with E-state index in [0.29, 0.717) is 18.7 Å². The summed E-state index contributed by atoms with van der Waals surface area (Å²) in [6.45, 7) is 9.09. The smallest absolute Gasteiger partial charge is 0.251 e. The van der Waals surface area contributed by atoms with E-state index in [1.165, 1.54) is 0 Å². The molecule has 0 aromatic heterocycles. The number of aryl methyl sites for hydroxylation is 1. The molecule has 0 unspecified atom stereocenters. The van der Waals surface area contributed by atoms with E-state index in [0.717, 1.165) is 28.3 Å². The first kappa shape index (κ1) is 19.6. The molecule has 26 heavy (non-hydrogen) atoms. The van der Waals surface area contributed by atoms with Crippen LogP contribution in [-0.4, -0.2) is 25.7 Å². The average Bonchev–Trinajstić information content (AvgIpc) is 2.60. The lowest BCUT2D eigenvalue weighted by Gasteiger charge is -2.14. The number of ether oxygens (including phenoxy) is 2. The Labute approximate surface area is 155 Å². The largest absolute Gasteiger partial charge is 0.493 e. The van der Waals surface area contributed by atoms with E-state index in [2.05, 4.69) is 10.6 Å². The van der Waals surface area contributed by atoms with Gasteiger partial charge in [0.25, 0.3) is 5.91 Å². The molecule has 0 fully saturated rings. The highest BCUT2D eigenvalue weighted by atomic mass is 16.5. The van der Waals surface area contributed by atoms with Crippen molar-refractivity contribution in [2.24, 2.45) is 0 Å². The van der Waals surface area contributed by atoms with Crippen LogP contribution >= 0.6 is 0 Å². The molecule has 5 nitrogen and oxygen atoms in total. The van der Waals surface area contributed by atoms with Crippen LogP contribution in [0.5, 0.6) is 11.5 Å². The molecule has 2 aromatic carbocycles. The fraction of sp³-hybridized carbons (Fsp3) is 0.381. The molecule has 140 valence electrons. The summed E-state index contributed by atoms with van der Waals surface area (Å²) >= 11 is 0. The van der Waals surface area contributed by atoms with E-state index in [4.69, 9.17) is 9.47 Å². The highest BCUT2D eigenvalue weighted by Gasteiger charge is 2.09. The third kappa shape index (κ3) is 5.15. The predicted molar refractivity (Wildman–Crippen MR) is 105 cm³/mol. The second-order valence-corrected chi connectivity index (χ2v) is 6.43. The Morgan fingerprint density at radius 1 is 1.12 bits per heavy atom. The maximum atomic E-state index is 12.1. The van der Waals surface area contributed by atoms with Crippen LogP contribution in [-0.2, 0) is 6.54 Å². The van der Waals surface area contributed by atoms with Crippen LogP contribution in [0.4, 0.5) is 5.69 Å². The zero-order chi connectivity index (χ0) is 19.1. The second-order valence-electron chi connectivity index (χ2n) is 6.43. The van der Waals surface area contributed by atoms with Gasteiger partial charge in [-0.1, -0.05) is 6.07 Å². The lowest BCUT2D eigenvalue weighted by atomic mass is 10.1. The maximum Gasteiger partial charge on any atom is 0.251 e. The van der Waals surface area contributed by atoms with Gasteiger partial charge in [0.2, 0.25) is 0 Å². The Bertz CT molecular complexity index is 757. The summed E-state index contributed by atoms with van der Waals surface area (Å²) in [6.07, 6.45) is 0. The van der Waals surface area contributed by atoms with E-state index >= 15 is 0 Å². The molecule has 2 N–H and O–H groups in total. The molecule has 0 aliphatic carbocycles. The van der Waals surface area contributed by atoms with Gasteiger partial charge in [0, 0.05) is 23.8 Å². The van der Waals surface area contributed by atoms with E-state index in [-0.39, 0.29) is 11.9 Å². The van der Waals surface area contributed by atoms with Crippen molar-refractivity contribution in [3.8, 4) is 11.5 Å². The molecule has 2 aromatic rings. The number of nitrogens with one attached hydrogen (secondary N) is 2. The first-order valence-corrected chi connectivity index (χ1v) is 8.89. The van der Waals surface area contributed by atoms with Crippen LogP contribution < -0.4 is 20.1 Å². The van der Waals surface area contributed by atoms with Crippen molar-refractivity contribution < 1.29 is 14.3 Å². The van der Waals surface area contributed by atoms with Gasteiger partial charge in [0.1, 0.15) is 0 Å². The van der Waals surface area contributed by atoms with Crippen LogP contribution in [0.2, 0.25) is 0 Å². The molecule has 0 spiro atoms. The van der Waals surface area contributed by atoms with Gasteiger partial charge < -0.3 is 20.1 Å². The normalized spacial score (nSPS) is 10.5. The van der Waals surface area contributed by atoms with Crippen LogP contribution in [0.15, 0.2) is 36.4 Å². The fourth-order valence-electron chi connectivity index (χ4n) is 2.65. The molecule has 0 saturated carbocycles. The zero-order valence-electron chi connectivity index (χ0n) is 16.2. The van der Waals surface area contributed by atoms with Crippen molar-refractivity contribution in [1.82, 2.24) is 5.32 Å². The van der Waals surface area contributed by atoms with Crippen molar-refractivity contribution >= 4 is 11.6 Å². The number of anilines is 1. The lowest BCUT2D eigenvalue weighted by Crippen LogP contribution is -2.30. The standard InChI is InChI=1S/C21H28N2O3/c1-6-26-20-12-16(7-10-19(20)25-5)13-22-18-9-8-17(11-15(18)4)21(24)23-14(2)3/h7-12,14,22H,6,13H2,1-5H3,(H,23,24). The van der Waals surface area contributed by atoms with Gasteiger partial charge in [-0.25, -0.2) is 0 Å². The molecule has 0 heterocycles. The lowest BCUT2D eigenvalue weighted by molar-refractivity contribution is 0.0943. The number of amides is 1. The summed E-state index contributed by atoms with van der Waals surface area (Å²) < 4.78 is 10.9. The SMILES string of the molecule is CCOc1cc(CNc2ccc(C(=O)NC(C)C)cc2C)ccc1OC. The van der Waals surface area contributed by atoms with Crippen molar-refractivity contribution in [2.75, 3.05) is 19.0 Å². The Hall–Kier alpha value is -2.69. The maximum absolute atomic E-state index is 12.1. The number of benzene rings is 2. The molecular weight excluding hydrogens is 328 g/mol. The van der Waals surface area contributed by atoms with Crippen LogP contribution in [0.1, 0.15) is 42.3 Å². The van der Waals surface area contributed by atoms with Crippen molar-refractivity contribution in [1.29, 1.82) is 0 Å². The molecule has 5 heteroatoms. The number of hydrogen-bond donors (Lipinski definition) is 2. The van der Waals surface area contributed by atoms with E-state index in [1.807, 2.05) is 64.1 Å². The predicted octanol–water partition coefficient (Wildman–Crippen LogP) is 4.15. The topological polar surface area (TPSA) is 59.6 Å². The summed E-state index contributed by atoms with van der Waals surface area (Å²) in [5, 5.41) is 6.32. The Kier molecular flexibility index (Phi) is 6.89. The van der Waals surface area contributed by atoms with Gasteiger partial charge in [-0.05, 0) is 69.2 Å². The van der Waals surface area contributed by atoms with Crippen LogP contribution in [0.3, 0.4) is 0 Å². The number of methoxy groups -OCH3 is 1. The molecule has 0 bridgehead atoms. The summed E-state index contributed by atoms with van der Waals surface area (Å²) in [7, 11) is 1.64. The number of rotatable bonds is 8. The van der Waals surface area contributed by atoms with E-state index < -0.39 is 0 Å². The quantitative estimate of drug-likeness (QED) is 0.746. The summed E-state index contributed by atoms with van der Waals surface area (Å²) in [4.78, 5) is 12.1. The highest BCUT2D eigenvalue weighted by molar-refractivity contribution is 5.95. The molecule has 0 saturated heterocycles. The van der Waals surface area contributed by atoms with Crippen molar-refractivity contribution in [3.63, 3.8) is 0 Å². The number of carbonyl (C=O) groups is 1. The van der Waals surface area contributed by atoms with Gasteiger partial charge in [-0.2, -0.15) is 0 Å². The minimum absolute atomic E-state index is 0.0499. The molecule has 0 radical (unpaired) electrons. The minimum atomic E-state index is -0.0499. The Morgan fingerprint density at radius 2 is 1.88 bits per heavy atom. The van der Waals surface area contributed by atoms with Gasteiger partial charge >= 0.3 is 0 Å². The summed E-state index contributed by atoms with van der Waals surface area (Å²) in [5.74, 6) is 1.42. The van der Waals surface area contributed by atoms with Crippen molar-refractivity contribution in [2.45, 2.75) is 40.3 Å². The first-order valence-electron chi connectivity index (χ1n) is 8.89. The number of carbonyl (C=O) groups excluding carboxylic acids is 1. The molecular formula is C21H28N2O3. The molecule has 1 amide bonds. The van der Waals surface area contributed by atoms with Gasteiger partial charge in [0.15, 0.2) is 11.5 Å². The van der Waals surface area contributed by atoms with E-state index in [9.17, 15) is 4.79 Å². The summed E-state index contributed by atoms with van der Waals surface area (Å²) in [6, 6.07) is 11.7. The summed E-state index contributed by atoms with van der Waals surface area (Å²) in [5.41, 5.74) is 3.79. The molecule has 0 aliphatic rings. The molecule has 0 atom stereocenters. The van der Waals surface area contributed by atoms with Crippen LogP contribution in [0, 0.1) is 6.92 Å². The molecule has 2 rings (SSSR count). The molecule has 0 aliphatic heterocycles. The average molecular weight is 356 g/mol. The van der Waals surface area contributed by atoms with Gasteiger partial charge in [-0.3, -0.25) is 4.79 Å². The Balaban J connectivity index is 2.07. The fourth-order valence-corrected chi connectivity index (χ4v) is 2.65. The van der Waals surface area contributed by atoms with Crippen LogP contribution in [0.25, 0.3) is 0 Å². The second kappa shape index (κ2) is 9.13. The van der Waals surface area contributed by atoms with Crippen molar-refractivity contribution in [3.05, 3.63) is 53.1 Å². The minimum Gasteiger partial charge on any atom is -0.493 e. The number of hydrogen-bond acceptors (Lipinski definition) is 4. The zero-order valence-corrected chi connectivity index (χ0v) is 16.2. The third-order valence-corrected chi connectivity index (χ3v) is 3.92. The monoisotopic (exact) mass is 356 g/mol. The first-order chi connectivity index (χ1) is 12.4. The highest BCUT2D eigenvalue weighted by Crippen LogP contribution is 2.28. The van der Waals surface area contributed by atoms with Gasteiger partial charge in [0.05, 0.1) is 13.7 Å². The van der Waals surface area contributed by atoms with E-state index in [1.54, 1.807) is 7.11 Å². The van der Waals surface area contributed by atoms with Gasteiger partial charge in [-0.15, -0.1) is 0 Å². The Morgan fingerprint density at radius 3 is 2.50 bits per heavy atom. The third-order valence-electron chi connectivity index (χ3n) is 3.92.